The van der Waals surface area contributed by atoms with Crippen molar-refractivity contribution < 1.29 is 14.4 Å². The predicted molar refractivity (Wildman–Crippen MR) is 134 cm³/mol. The van der Waals surface area contributed by atoms with Crippen molar-refractivity contribution in [3.05, 3.63) is 83.4 Å². The van der Waals surface area contributed by atoms with Crippen LogP contribution in [0.2, 0.25) is 0 Å². The minimum Gasteiger partial charge on any atom is -0.397 e. The smallest absolute Gasteiger partial charge is 0.255 e. The molecule has 0 radical (unpaired) electrons. The third-order valence-electron chi connectivity index (χ3n) is 5.60. The summed E-state index contributed by atoms with van der Waals surface area (Å²) in [6, 6.07) is 19.0. The van der Waals surface area contributed by atoms with Gasteiger partial charge in [0, 0.05) is 36.6 Å². The number of amides is 3. The zero-order chi connectivity index (χ0) is 24.4. The first-order chi connectivity index (χ1) is 16.2. The van der Waals surface area contributed by atoms with Gasteiger partial charge in [0.2, 0.25) is 5.91 Å². The number of aliphatic imine (C=N–C) groups is 1. The lowest BCUT2D eigenvalue weighted by Gasteiger charge is -2.13. The van der Waals surface area contributed by atoms with E-state index in [-0.39, 0.29) is 17.7 Å². The largest absolute Gasteiger partial charge is 0.397 e. The second-order valence-corrected chi connectivity index (χ2v) is 8.27. The van der Waals surface area contributed by atoms with Crippen LogP contribution in [0.15, 0.2) is 71.7 Å². The monoisotopic (exact) mass is 455 g/mol. The molecule has 3 amide bonds. The molecule has 8 nitrogen and oxygen atoms in total. The normalized spacial score (nSPS) is 14.9. The van der Waals surface area contributed by atoms with E-state index in [4.69, 9.17) is 5.73 Å². The van der Waals surface area contributed by atoms with Crippen molar-refractivity contribution in [2.45, 2.75) is 12.8 Å². The van der Waals surface area contributed by atoms with Crippen LogP contribution in [-0.4, -0.2) is 42.4 Å². The van der Waals surface area contributed by atoms with E-state index in [0.29, 0.717) is 39.6 Å². The summed E-state index contributed by atoms with van der Waals surface area (Å²) in [5.74, 6) is -1.22. The Kier molecular flexibility index (Phi) is 6.14. The van der Waals surface area contributed by atoms with Crippen LogP contribution in [0.4, 0.5) is 22.7 Å². The summed E-state index contributed by atoms with van der Waals surface area (Å²) in [6.45, 7) is 1.78. The minimum absolute atomic E-state index is 0.137. The molecule has 0 saturated carbocycles. The van der Waals surface area contributed by atoms with E-state index in [9.17, 15) is 14.4 Å². The molecule has 1 unspecified atom stereocenters. The van der Waals surface area contributed by atoms with Crippen molar-refractivity contribution in [2.75, 3.05) is 30.5 Å². The Hall–Kier alpha value is -4.46. The lowest BCUT2D eigenvalue weighted by molar-refractivity contribution is -0.115. The molecule has 0 fully saturated rings. The third kappa shape index (κ3) is 4.52. The molecule has 0 aromatic heterocycles. The standard InChI is InChI=1S/C26H25N5O3/c1-15(23-19-14-17(26(34)31(2)3)10-13-21(19)29-25(23)33)28-18-11-8-16(9-12-18)24(32)30-22-7-5-4-6-20(22)27/h4-14,23H,27H2,1-3H3,(H,29,33)(H,30,32). The SMILES string of the molecule is CC(=Nc1ccc(C(=O)Nc2ccccc2N)cc1)C1C(=O)Nc2ccc(C(=O)N(C)C)cc21. The Morgan fingerprint density at radius 3 is 2.35 bits per heavy atom. The van der Waals surface area contributed by atoms with Crippen molar-refractivity contribution in [3.63, 3.8) is 0 Å². The molecule has 172 valence electrons. The Balaban J connectivity index is 1.54. The van der Waals surface area contributed by atoms with E-state index in [0.717, 1.165) is 5.56 Å². The lowest BCUT2D eigenvalue weighted by Crippen LogP contribution is -2.22. The van der Waals surface area contributed by atoms with Gasteiger partial charge >= 0.3 is 0 Å². The van der Waals surface area contributed by atoms with E-state index in [1.165, 1.54) is 4.90 Å². The molecule has 3 aromatic rings. The molecule has 3 aromatic carbocycles. The topological polar surface area (TPSA) is 117 Å². The summed E-state index contributed by atoms with van der Waals surface area (Å²) in [7, 11) is 3.36. The van der Waals surface area contributed by atoms with Crippen LogP contribution in [-0.2, 0) is 4.79 Å². The van der Waals surface area contributed by atoms with E-state index in [1.54, 1.807) is 87.7 Å². The molecular formula is C26H25N5O3. The van der Waals surface area contributed by atoms with Gasteiger partial charge in [-0.3, -0.25) is 19.4 Å². The summed E-state index contributed by atoms with van der Waals surface area (Å²) in [5, 5.41) is 5.64. The molecule has 0 aliphatic carbocycles. The third-order valence-corrected chi connectivity index (χ3v) is 5.60. The lowest BCUT2D eigenvalue weighted by atomic mass is 9.94. The Labute approximate surface area is 197 Å². The Bertz CT molecular complexity index is 1310. The van der Waals surface area contributed by atoms with Gasteiger partial charge in [0.25, 0.3) is 11.8 Å². The first kappa shape index (κ1) is 22.7. The molecule has 4 N–H and O–H groups in total. The van der Waals surface area contributed by atoms with Gasteiger partial charge in [-0.15, -0.1) is 0 Å². The number of fused-ring (bicyclic) bond motifs is 1. The van der Waals surface area contributed by atoms with Crippen molar-refractivity contribution in [2.24, 2.45) is 4.99 Å². The molecule has 0 saturated heterocycles. The average Bonchev–Trinajstić information content (AvgIpc) is 3.15. The molecule has 1 aliphatic heterocycles. The maximum absolute atomic E-state index is 12.7. The fourth-order valence-corrected chi connectivity index (χ4v) is 3.83. The number of nitrogens with zero attached hydrogens (tertiary/aromatic N) is 2. The molecule has 34 heavy (non-hydrogen) atoms. The number of benzene rings is 3. The fraction of sp³-hybridized carbons (Fsp3) is 0.154. The van der Waals surface area contributed by atoms with Crippen LogP contribution in [0.5, 0.6) is 0 Å². The van der Waals surface area contributed by atoms with Crippen molar-refractivity contribution in [3.8, 4) is 0 Å². The van der Waals surface area contributed by atoms with Crippen LogP contribution < -0.4 is 16.4 Å². The second kappa shape index (κ2) is 9.19. The molecule has 0 spiro atoms. The number of hydrogen-bond donors (Lipinski definition) is 3. The van der Waals surface area contributed by atoms with E-state index in [1.807, 2.05) is 0 Å². The highest BCUT2D eigenvalue weighted by Gasteiger charge is 2.33. The number of carbonyl (C=O) groups excluding carboxylic acids is 3. The van der Waals surface area contributed by atoms with Crippen LogP contribution in [0.1, 0.15) is 39.1 Å². The van der Waals surface area contributed by atoms with Crippen LogP contribution in [0.3, 0.4) is 0 Å². The molecule has 1 heterocycles. The van der Waals surface area contributed by atoms with Gasteiger partial charge in [0.1, 0.15) is 5.92 Å². The number of nitrogens with two attached hydrogens (primary N) is 1. The number of nitrogens with one attached hydrogen (secondary N) is 2. The van der Waals surface area contributed by atoms with Gasteiger partial charge < -0.3 is 21.3 Å². The summed E-state index contributed by atoms with van der Waals surface area (Å²) < 4.78 is 0. The number of para-hydroxylation sites is 2. The number of rotatable bonds is 5. The van der Waals surface area contributed by atoms with E-state index < -0.39 is 5.92 Å². The number of carbonyl (C=O) groups is 3. The van der Waals surface area contributed by atoms with Crippen molar-refractivity contribution >= 4 is 46.2 Å². The highest BCUT2D eigenvalue weighted by molar-refractivity contribution is 6.18. The molecule has 4 rings (SSSR count). The zero-order valence-corrected chi connectivity index (χ0v) is 19.1. The quantitative estimate of drug-likeness (QED) is 0.397. The fourth-order valence-electron chi connectivity index (χ4n) is 3.83. The van der Waals surface area contributed by atoms with E-state index >= 15 is 0 Å². The Morgan fingerprint density at radius 1 is 1.00 bits per heavy atom. The highest BCUT2D eigenvalue weighted by Crippen LogP contribution is 2.35. The first-order valence-corrected chi connectivity index (χ1v) is 10.7. The average molecular weight is 456 g/mol. The summed E-state index contributed by atoms with van der Waals surface area (Å²) in [5.41, 5.74) is 10.5. The van der Waals surface area contributed by atoms with Gasteiger partial charge in [-0.2, -0.15) is 0 Å². The number of anilines is 3. The number of nitrogen functional groups attached to an aromatic ring is 1. The molecule has 1 aliphatic rings. The summed E-state index contributed by atoms with van der Waals surface area (Å²) >= 11 is 0. The molecule has 0 bridgehead atoms. The zero-order valence-electron chi connectivity index (χ0n) is 19.1. The molecule has 1 atom stereocenters. The van der Waals surface area contributed by atoms with Crippen LogP contribution >= 0.6 is 0 Å². The molecule has 8 heteroatoms. The summed E-state index contributed by atoms with van der Waals surface area (Å²) in [4.78, 5) is 43.7. The first-order valence-electron chi connectivity index (χ1n) is 10.7. The van der Waals surface area contributed by atoms with Gasteiger partial charge in [-0.25, -0.2) is 0 Å². The van der Waals surface area contributed by atoms with Crippen molar-refractivity contribution in [1.29, 1.82) is 0 Å². The highest BCUT2D eigenvalue weighted by atomic mass is 16.2. The van der Waals surface area contributed by atoms with E-state index in [2.05, 4.69) is 15.6 Å². The maximum Gasteiger partial charge on any atom is 0.255 e. The second-order valence-electron chi connectivity index (χ2n) is 8.27. The van der Waals surface area contributed by atoms with Crippen LogP contribution in [0.25, 0.3) is 0 Å². The van der Waals surface area contributed by atoms with Gasteiger partial charge in [0.05, 0.1) is 17.1 Å². The Morgan fingerprint density at radius 2 is 1.68 bits per heavy atom. The van der Waals surface area contributed by atoms with Crippen molar-refractivity contribution in [1.82, 2.24) is 4.90 Å². The number of hydrogen-bond acceptors (Lipinski definition) is 5. The van der Waals surface area contributed by atoms with Gasteiger partial charge in [0.15, 0.2) is 0 Å². The predicted octanol–water partition coefficient (Wildman–Crippen LogP) is 4.05. The summed E-state index contributed by atoms with van der Waals surface area (Å²) in [6.07, 6.45) is 0. The van der Waals surface area contributed by atoms with Gasteiger partial charge in [-0.1, -0.05) is 12.1 Å². The maximum atomic E-state index is 12.7. The van der Waals surface area contributed by atoms with Crippen LogP contribution in [0, 0.1) is 0 Å². The van der Waals surface area contributed by atoms with Gasteiger partial charge in [-0.05, 0) is 67.1 Å². The minimum atomic E-state index is -0.603. The molecular weight excluding hydrogens is 430 g/mol.